The molecule has 0 aromatic heterocycles. The van der Waals surface area contributed by atoms with Crippen molar-refractivity contribution in [2.75, 3.05) is 0 Å². The molecule has 0 bridgehead atoms. The smallest absolute Gasteiger partial charge is 0.0791 e. The molecule has 0 fully saturated rings. The Morgan fingerprint density at radius 1 is 0.522 bits per heavy atom. The zero-order chi connectivity index (χ0) is 16.8. The summed E-state index contributed by atoms with van der Waals surface area (Å²) in [4.78, 5) is 0. The third-order valence-corrected chi connectivity index (χ3v) is 4.28. The predicted molar refractivity (Wildman–Crippen MR) is 105 cm³/mol. The van der Waals surface area contributed by atoms with Gasteiger partial charge in [-0.2, -0.15) is 0 Å². The van der Waals surface area contributed by atoms with E-state index in [1.807, 2.05) is 12.2 Å². The average molecular weight is 321 g/mol. The van der Waals surface area contributed by atoms with Crippen LogP contribution in [0.15, 0.2) is 36.6 Å². The first kappa shape index (κ1) is 22.0. The summed E-state index contributed by atoms with van der Waals surface area (Å²) in [6.45, 7) is 2.28. The number of rotatable bonds is 17. The van der Waals surface area contributed by atoms with Gasteiger partial charge >= 0.3 is 0 Å². The molecule has 0 unspecified atom stereocenters. The first-order valence-electron chi connectivity index (χ1n) is 10.0. The number of unbranched alkanes of at least 4 members (excludes halogenated alkanes) is 14. The van der Waals surface area contributed by atoms with Crippen LogP contribution in [-0.2, 0) is 0 Å². The van der Waals surface area contributed by atoms with Gasteiger partial charge in [0.25, 0.3) is 0 Å². The highest BCUT2D eigenvalue weighted by atomic mass is 16.2. The predicted octanol–water partition coefficient (Wildman–Crippen LogP) is 8.04. The van der Waals surface area contributed by atoms with Crippen molar-refractivity contribution in [1.29, 1.82) is 0 Å². The Kier molecular flexibility index (Phi) is 20.1. The van der Waals surface area contributed by atoms with Gasteiger partial charge in [-0.15, -0.1) is 0 Å². The standard InChI is InChI=1S/C22H40O/c1-2-3-4-5-6-7-8-9-10-11-12-13-14-15-16-17-18-19-20-21-22-23/h17-23H,2-16H2,1H3. The normalized spacial score (nSPS) is 12.2. The molecule has 0 amide bonds. The van der Waals surface area contributed by atoms with Crippen molar-refractivity contribution in [1.82, 2.24) is 0 Å². The molecule has 0 rings (SSSR count). The first-order valence-corrected chi connectivity index (χ1v) is 10.0. The molecule has 0 aromatic carbocycles. The van der Waals surface area contributed by atoms with E-state index in [-0.39, 0.29) is 0 Å². The molecule has 23 heavy (non-hydrogen) atoms. The molecule has 0 spiro atoms. The van der Waals surface area contributed by atoms with Gasteiger partial charge in [0.05, 0.1) is 6.26 Å². The van der Waals surface area contributed by atoms with Crippen LogP contribution in [0, 0.1) is 0 Å². The molecule has 1 heteroatoms. The van der Waals surface area contributed by atoms with Crippen LogP contribution in [0.5, 0.6) is 0 Å². The van der Waals surface area contributed by atoms with Crippen molar-refractivity contribution in [2.24, 2.45) is 0 Å². The number of hydrogen-bond donors (Lipinski definition) is 1. The lowest BCUT2D eigenvalue weighted by Crippen LogP contribution is -1.83. The summed E-state index contributed by atoms with van der Waals surface area (Å²) in [5.41, 5.74) is 0. The zero-order valence-electron chi connectivity index (χ0n) is 15.5. The van der Waals surface area contributed by atoms with E-state index in [1.165, 1.54) is 96.3 Å². The molecule has 0 aliphatic rings. The summed E-state index contributed by atoms with van der Waals surface area (Å²) in [5.74, 6) is 0. The second-order valence-electron chi connectivity index (χ2n) is 6.54. The molecule has 1 N–H and O–H groups in total. The van der Waals surface area contributed by atoms with E-state index in [9.17, 15) is 0 Å². The lowest BCUT2D eigenvalue weighted by atomic mass is 10.0. The van der Waals surface area contributed by atoms with E-state index in [0.717, 1.165) is 6.26 Å². The molecule has 0 heterocycles. The van der Waals surface area contributed by atoms with Crippen molar-refractivity contribution in [2.45, 2.75) is 103 Å². The Morgan fingerprint density at radius 3 is 1.43 bits per heavy atom. The van der Waals surface area contributed by atoms with Gasteiger partial charge in [-0.1, -0.05) is 115 Å². The maximum atomic E-state index is 8.45. The van der Waals surface area contributed by atoms with Gasteiger partial charge < -0.3 is 5.11 Å². The highest BCUT2D eigenvalue weighted by Crippen LogP contribution is 2.13. The second-order valence-corrected chi connectivity index (χ2v) is 6.54. The molecular formula is C22H40O. The largest absolute Gasteiger partial charge is 0.516 e. The van der Waals surface area contributed by atoms with Crippen molar-refractivity contribution in [3.63, 3.8) is 0 Å². The van der Waals surface area contributed by atoms with E-state index in [0.29, 0.717) is 0 Å². The molecule has 1 nitrogen and oxygen atoms in total. The Labute approximate surface area is 145 Å². The maximum Gasteiger partial charge on any atom is 0.0791 e. The first-order chi connectivity index (χ1) is 11.4. The van der Waals surface area contributed by atoms with Crippen molar-refractivity contribution in [3.8, 4) is 0 Å². The molecule has 134 valence electrons. The maximum absolute atomic E-state index is 8.45. The van der Waals surface area contributed by atoms with Crippen LogP contribution >= 0.6 is 0 Å². The van der Waals surface area contributed by atoms with E-state index >= 15 is 0 Å². The summed E-state index contributed by atoms with van der Waals surface area (Å²) in [5, 5.41) is 8.45. The van der Waals surface area contributed by atoms with Crippen LogP contribution in [0.2, 0.25) is 0 Å². The van der Waals surface area contributed by atoms with Crippen LogP contribution in [0.25, 0.3) is 0 Å². The van der Waals surface area contributed by atoms with Gasteiger partial charge in [-0.3, -0.25) is 0 Å². The molecule has 0 aliphatic heterocycles. The second kappa shape index (κ2) is 21.0. The quantitative estimate of drug-likeness (QED) is 0.163. The third-order valence-electron chi connectivity index (χ3n) is 4.28. The summed E-state index contributed by atoms with van der Waals surface area (Å²) in [6, 6.07) is 0. The zero-order valence-corrected chi connectivity index (χ0v) is 15.5. The van der Waals surface area contributed by atoms with Gasteiger partial charge in [-0.05, 0) is 18.9 Å². The van der Waals surface area contributed by atoms with Crippen molar-refractivity contribution >= 4 is 0 Å². The Morgan fingerprint density at radius 2 is 0.957 bits per heavy atom. The summed E-state index contributed by atoms with van der Waals surface area (Å²) in [7, 11) is 0. The number of aliphatic hydroxyl groups is 1. The van der Waals surface area contributed by atoms with Crippen molar-refractivity contribution in [3.05, 3.63) is 36.6 Å². The van der Waals surface area contributed by atoms with E-state index < -0.39 is 0 Å². The number of aliphatic hydroxyl groups excluding tert-OH is 1. The van der Waals surface area contributed by atoms with Gasteiger partial charge in [0, 0.05) is 0 Å². The van der Waals surface area contributed by atoms with Crippen LogP contribution in [0.4, 0.5) is 0 Å². The monoisotopic (exact) mass is 320 g/mol. The fourth-order valence-corrected chi connectivity index (χ4v) is 2.81. The number of hydrogen-bond acceptors (Lipinski definition) is 1. The molecule has 0 aromatic rings. The third kappa shape index (κ3) is 21.0. The van der Waals surface area contributed by atoms with E-state index in [4.69, 9.17) is 5.11 Å². The molecule has 0 aliphatic carbocycles. The van der Waals surface area contributed by atoms with E-state index in [1.54, 1.807) is 6.08 Å². The summed E-state index contributed by atoms with van der Waals surface area (Å²) in [6.07, 6.45) is 31.8. The molecule has 0 atom stereocenters. The van der Waals surface area contributed by atoms with Crippen LogP contribution in [0.3, 0.4) is 0 Å². The lowest BCUT2D eigenvalue weighted by molar-refractivity contribution is 0.474. The van der Waals surface area contributed by atoms with Gasteiger partial charge in [0.15, 0.2) is 0 Å². The molecule has 0 saturated carbocycles. The van der Waals surface area contributed by atoms with Crippen molar-refractivity contribution < 1.29 is 5.11 Å². The lowest BCUT2D eigenvalue weighted by Gasteiger charge is -2.02. The van der Waals surface area contributed by atoms with E-state index in [2.05, 4.69) is 19.1 Å². The van der Waals surface area contributed by atoms with Gasteiger partial charge in [0.2, 0.25) is 0 Å². The Balaban J connectivity index is 3.08. The summed E-state index contributed by atoms with van der Waals surface area (Å²) >= 11 is 0. The molecule has 0 radical (unpaired) electrons. The molecular weight excluding hydrogens is 280 g/mol. The van der Waals surface area contributed by atoms with Crippen LogP contribution < -0.4 is 0 Å². The molecule has 0 saturated heterocycles. The summed E-state index contributed by atoms with van der Waals surface area (Å²) < 4.78 is 0. The highest BCUT2D eigenvalue weighted by Gasteiger charge is 1.93. The Bertz CT molecular complexity index is 288. The fourth-order valence-electron chi connectivity index (χ4n) is 2.81. The van der Waals surface area contributed by atoms with Crippen LogP contribution in [0.1, 0.15) is 103 Å². The minimum Gasteiger partial charge on any atom is -0.516 e. The number of allylic oxidation sites excluding steroid dienone is 5. The fraction of sp³-hybridized carbons (Fsp3) is 0.727. The van der Waals surface area contributed by atoms with Crippen LogP contribution in [-0.4, -0.2) is 5.11 Å². The minimum atomic E-state index is 1.05. The Hall–Kier alpha value is -0.980. The van der Waals surface area contributed by atoms with Gasteiger partial charge in [0.1, 0.15) is 0 Å². The highest BCUT2D eigenvalue weighted by molar-refractivity contribution is 5.09. The topological polar surface area (TPSA) is 20.2 Å². The van der Waals surface area contributed by atoms with Gasteiger partial charge in [-0.25, -0.2) is 0 Å². The SMILES string of the molecule is CCCCCCCCCCCCCCCCC=CC=CC=CO. The average Bonchev–Trinajstić information content (AvgIpc) is 2.57. The minimum absolute atomic E-state index is 1.05.